The van der Waals surface area contributed by atoms with E-state index in [1.165, 1.54) is 10.9 Å². The Balaban J connectivity index is 1.90. The van der Waals surface area contributed by atoms with Crippen molar-refractivity contribution in [3.05, 3.63) is 11.6 Å². The van der Waals surface area contributed by atoms with Gasteiger partial charge in [-0.05, 0) is 11.6 Å². The Bertz CT molecular complexity index is 829. The fraction of sp³-hybridized carbons (Fsp3) is 0.615. The molecule has 2 aromatic heterocycles. The SMILES string of the molecule is CC1(C)[C@]2(O)[C@H](n3cnc4c(N)nc(Cl)nc43)O[C@H](CF)[C@]12O. The molecule has 2 fully saturated rings. The van der Waals surface area contributed by atoms with Gasteiger partial charge < -0.3 is 20.7 Å². The smallest absolute Gasteiger partial charge is 0.226 e. The van der Waals surface area contributed by atoms with Crippen LogP contribution >= 0.6 is 11.6 Å². The second-order valence-corrected chi connectivity index (χ2v) is 6.83. The Hall–Kier alpha value is -1.55. The van der Waals surface area contributed by atoms with Gasteiger partial charge in [0, 0.05) is 5.41 Å². The highest BCUT2D eigenvalue weighted by Crippen LogP contribution is 2.75. The molecule has 10 heteroatoms. The highest BCUT2D eigenvalue weighted by atomic mass is 35.5. The number of ether oxygens (including phenoxy) is 1. The predicted molar refractivity (Wildman–Crippen MR) is 78.3 cm³/mol. The van der Waals surface area contributed by atoms with Crippen LogP contribution in [0.3, 0.4) is 0 Å². The highest BCUT2D eigenvalue weighted by Gasteiger charge is 2.92. The topological polar surface area (TPSA) is 119 Å². The van der Waals surface area contributed by atoms with E-state index in [4.69, 9.17) is 22.1 Å². The van der Waals surface area contributed by atoms with E-state index in [0.29, 0.717) is 0 Å². The number of anilines is 1. The van der Waals surface area contributed by atoms with E-state index in [1.54, 1.807) is 13.8 Å². The monoisotopic (exact) mass is 343 g/mol. The van der Waals surface area contributed by atoms with Crippen molar-refractivity contribution in [2.24, 2.45) is 5.41 Å². The molecule has 124 valence electrons. The largest absolute Gasteiger partial charge is 0.383 e. The molecule has 3 heterocycles. The lowest BCUT2D eigenvalue weighted by Gasteiger charge is -2.26. The van der Waals surface area contributed by atoms with Crippen molar-refractivity contribution in [3.63, 3.8) is 0 Å². The maximum atomic E-state index is 13.3. The lowest BCUT2D eigenvalue weighted by molar-refractivity contribution is -0.116. The fourth-order valence-corrected chi connectivity index (χ4v) is 4.06. The summed E-state index contributed by atoms with van der Waals surface area (Å²) in [7, 11) is 0. The Morgan fingerprint density at radius 2 is 2.09 bits per heavy atom. The molecule has 1 aliphatic carbocycles. The first-order valence-electron chi connectivity index (χ1n) is 7.02. The number of aromatic nitrogens is 4. The predicted octanol–water partition coefficient (Wildman–Crippen LogP) is 0.431. The molecule has 0 unspecified atom stereocenters. The Kier molecular flexibility index (Phi) is 2.67. The van der Waals surface area contributed by atoms with Crippen molar-refractivity contribution in [2.45, 2.75) is 37.4 Å². The number of nitrogens with zero attached hydrogens (tertiary/aromatic N) is 4. The Morgan fingerprint density at radius 3 is 2.70 bits per heavy atom. The van der Waals surface area contributed by atoms with Crippen molar-refractivity contribution >= 4 is 28.6 Å². The van der Waals surface area contributed by atoms with Crippen LogP contribution in [-0.2, 0) is 4.74 Å². The van der Waals surface area contributed by atoms with E-state index in [0.717, 1.165) is 0 Å². The molecule has 4 atom stereocenters. The van der Waals surface area contributed by atoms with Crippen LogP contribution < -0.4 is 5.73 Å². The van der Waals surface area contributed by atoms with E-state index >= 15 is 0 Å². The van der Waals surface area contributed by atoms with Crippen molar-refractivity contribution < 1.29 is 19.3 Å². The third kappa shape index (κ3) is 1.40. The molecule has 0 spiro atoms. The van der Waals surface area contributed by atoms with Gasteiger partial charge in [-0.15, -0.1) is 0 Å². The minimum absolute atomic E-state index is 0.0797. The number of halogens is 2. The summed E-state index contributed by atoms with van der Waals surface area (Å²) >= 11 is 5.82. The number of alkyl halides is 1. The van der Waals surface area contributed by atoms with Gasteiger partial charge in [0.15, 0.2) is 17.7 Å². The number of rotatable bonds is 2. The summed E-state index contributed by atoms with van der Waals surface area (Å²) < 4.78 is 20.3. The molecule has 0 radical (unpaired) electrons. The molecule has 8 nitrogen and oxygen atoms in total. The summed E-state index contributed by atoms with van der Waals surface area (Å²) in [5, 5.41) is 21.6. The first kappa shape index (κ1) is 15.0. The first-order valence-corrected chi connectivity index (χ1v) is 7.39. The maximum absolute atomic E-state index is 13.3. The van der Waals surface area contributed by atoms with Gasteiger partial charge in [0.2, 0.25) is 5.28 Å². The standard InChI is InChI=1S/C13H15ClFN5O3/c1-11(2)12(21)5(3-15)23-9(13(11,12)22)20-4-17-6-7(16)18-10(14)19-8(6)20/h4-5,9,21-22H,3H2,1-2H3,(H2,16,18,19)/t5-,9-,12+,13-/m1/s1. The van der Waals surface area contributed by atoms with E-state index in [-0.39, 0.29) is 22.3 Å². The number of aliphatic hydroxyl groups is 2. The fourth-order valence-electron chi connectivity index (χ4n) is 3.89. The van der Waals surface area contributed by atoms with Crippen molar-refractivity contribution in [1.29, 1.82) is 0 Å². The lowest BCUT2D eigenvalue weighted by Crippen LogP contribution is -2.35. The molecule has 1 saturated carbocycles. The summed E-state index contributed by atoms with van der Waals surface area (Å²) in [6.07, 6.45) is -0.873. The number of nitrogen functional groups attached to an aromatic ring is 1. The van der Waals surface area contributed by atoms with Gasteiger partial charge in [0.05, 0.1) is 6.33 Å². The zero-order valence-electron chi connectivity index (χ0n) is 12.4. The van der Waals surface area contributed by atoms with Crippen molar-refractivity contribution in [2.75, 3.05) is 12.4 Å². The average molecular weight is 344 g/mol. The number of fused-ring (bicyclic) bond motifs is 2. The van der Waals surface area contributed by atoms with Gasteiger partial charge >= 0.3 is 0 Å². The van der Waals surface area contributed by atoms with Gasteiger partial charge in [-0.1, -0.05) is 13.8 Å². The number of hydrogen-bond acceptors (Lipinski definition) is 7. The maximum Gasteiger partial charge on any atom is 0.226 e. The molecule has 2 aromatic rings. The van der Waals surface area contributed by atoms with Crippen LogP contribution in [0.5, 0.6) is 0 Å². The van der Waals surface area contributed by atoms with Crippen molar-refractivity contribution in [3.8, 4) is 0 Å². The number of nitrogens with two attached hydrogens (primary N) is 1. The lowest BCUT2D eigenvalue weighted by atomic mass is 10.0. The average Bonchev–Trinajstić information content (AvgIpc) is 2.84. The molecule has 4 rings (SSSR count). The van der Waals surface area contributed by atoms with Gasteiger partial charge in [-0.25, -0.2) is 9.37 Å². The summed E-state index contributed by atoms with van der Waals surface area (Å²) in [4.78, 5) is 12.0. The second-order valence-electron chi connectivity index (χ2n) is 6.49. The van der Waals surface area contributed by atoms with Crippen LogP contribution in [0.25, 0.3) is 11.2 Å². The van der Waals surface area contributed by atoms with E-state index in [9.17, 15) is 14.6 Å². The minimum atomic E-state index is -1.70. The second kappa shape index (κ2) is 4.10. The summed E-state index contributed by atoms with van der Waals surface area (Å²) in [6, 6.07) is 0. The Morgan fingerprint density at radius 1 is 1.39 bits per heavy atom. The van der Waals surface area contributed by atoms with Gasteiger partial charge in [-0.2, -0.15) is 9.97 Å². The van der Waals surface area contributed by atoms with E-state index < -0.39 is 35.6 Å². The van der Waals surface area contributed by atoms with E-state index in [2.05, 4.69) is 15.0 Å². The first-order chi connectivity index (χ1) is 10.7. The third-order valence-corrected chi connectivity index (χ3v) is 5.52. The van der Waals surface area contributed by atoms with Crippen molar-refractivity contribution in [1.82, 2.24) is 19.5 Å². The molecule has 23 heavy (non-hydrogen) atoms. The molecule has 1 saturated heterocycles. The van der Waals surface area contributed by atoms with Crippen LogP contribution in [0.2, 0.25) is 5.28 Å². The van der Waals surface area contributed by atoms with E-state index in [1.807, 2.05) is 0 Å². The molecule has 0 bridgehead atoms. The van der Waals surface area contributed by atoms with Crippen LogP contribution in [0.15, 0.2) is 6.33 Å². The van der Waals surface area contributed by atoms with Crippen LogP contribution in [0.1, 0.15) is 20.1 Å². The summed E-state index contributed by atoms with van der Waals surface area (Å²) in [5.74, 6) is 0.0797. The normalized spacial score (nSPS) is 38.0. The minimum Gasteiger partial charge on any atom is -0.383 e. The van der Waals surface area contributed by atoms with Crippen LogP contribution in [0.4, 0.5) is 10.2 Å². The van der Waals surface area contributed by atoms with Crippen LogP contribution in [0, 0.1) is 5.41 Å². The highest BCUT2D eigenvalue weighted by molar-refractivity contribution is 6.28. The van der Waals surface area contributed by atoms with Gasteiger partial charge in [0.25, 0.3) is 0 Å². The number of hydrogen-bond donors (Lipinski definition) is 3. The molecular weight excluding hydrogens is 329 g/mol. The third-order valence-electron chi connectivity index (χ3n) is 5.35. The summed E-state index contributed by atoms with van der Waals surface area (Å²) in [6.45, 7) is 2.38. The quantitative estimate of drug-likeness (QED) is 0.676. The van der Waals surface area contributed by atoms with Crippen LogP contribution in [-0.4, -0.2) is 53.7 Å². The zero-order valence-corrected chi connectivity index (χ0v) is 13.1. The molecule has 4 N–H and O–H groups in total. The summed E-state index contributed by atoms with van der Waals surface area (Å²) in [5.41, 5.74) is 1.94. The zero-order chi connectivity index (χ0) is 16.8. The number of imidazole rings is 1. The molecule has 1 aliphatic heterocycles. The molecule has 0 amide bonds. The molecule has 2 aliphatic rings. The molecule has 0 aromatic carbocycles. The Labute approximate surface area is 135 Å². The van der Waals surface area contributed by atoms with Gasteiger partial charge in [-0.3, -0.25) is 4.57 Å². The van der Waals surface area contributed by atoms with Gasteiger partial charge in [0.1, 0.15) is 29.5 Å². The molecular formula is C13H15ClFN5O3.